The lowest BCUT2D eigenvalue weighted by Crippen LogP contribution is -2.15. The van der Waals surface area contributed by atoms with Crippen molar-refractivity contribution in [1.82, 2.24) is 4.57 Å². The van der Waals surface area contributed by atoms with Gasteiger partial charge in [-0.05, 0) is 19.3 Å². The van der Waals surface area contributed by atoms with Crippen LogP contribution in [0.1, 0.15) is 19.3 Å². The number of aryl methyl sites for hydroxylation is 1. The molecule has 0 unspecified atom stereocenters. The molecule has 0 spiro atoms. The van der Waals surface area contributed by atoms with Gasteiger partial charge < -0.3 is 9.36 Å². The Morgan fingerprint density at radius 3 is 2.85 bits per heavy atom. The summed E-state index contributed by atoms with van der Waals surface area (Å²) in [6.45, 7) is 0.682. The number of nitrogens with zero attached hydrogens (tertiary/aromatic N) is 1. The van der Waals surface area contributed by atoms with E-state index in [1.54, 1.807) is 16.1 Å². The third-order valence-corrected chi connectivity index (χ3v) is 3.33. The van der Waals surface area contributed by atoms with Crippen LogP contribution >= 0.6 is 11.3 Å². The van der Waals surface area contributed by atoms with Crippen molar-refractivity contribution in [3.63, 3.8) is 0 Å². The van der Waals surface area contributed by atoms with Gasteiger partial charge in [0.25, 0.3) is 0 Å². The maximum Gasteiger partial charge on any atom is 0.307 e. The predicted octanol–water partition coefficient (Wildman–Crippen LogP) is 1.28. The van der Waals surface area contributed by atoms with Crippen molar-refractivity contribution in [2.75, 3.05) is 0 Å². The molecule has 1 aromatic heterocycles. The molecule has 4 heteroatoms. The van der Waals surface area contributed by atoms with Crippen molar-refractivity contribution >= 4 is 17.6 Å². The highest BCUT2D eigenvalue weighted by Gasteiger charge is 2.41. The second-order valence-electron chi connectivity index (χ2n) is 3.59. The Hall–Kier alpha value is -0.900. The lowest BCUT2D eigenvalue weighted by atomic mass is 10.1. The number of thiazole rings is 1. The van der Waals surface area contributed by atoms with Crippen LogP contribution in [0.5, 0.6) is 0 Å². The molecule has 1 fully saturated rings. The van der Waals surface area contributed by atoms with Gasteiger partial charge in [0.2, 0.25) is 0 Å². The number of hydrogen-bond donors (Lipinski definition) is 0. The summed E-state index contributed by atoms with van der Waals surface area (Å²) in [5.41, 5.74) is -0.0820. The van der Waals surface area contributed by atoms with Gasteiger partial charge in [-0.3, -0.25) is 4.79 Å². The van der Waals surface area contributed by atoms with Crippen LogP contribution in [0, 0.1) is 5.41 Å². The summed E-state index contributed by atoms with van der Waals surface area (Å²) in [7, 11) is 0. The standard InChI is InChI=1S/C9H11NO2S/c11-7-9(1-2-9)3-4-10-5-6-13-8(10)12/h5-7H,1-4H2. The first-order valence-electron chi connectivity index (χ1n) is 4.36. The molecule has 0 aromatic carbocycles. The van der Waals surface area contributed by atoms with Gasteiger partial charge in [-0.15, -0.1) is 0 Å². The fourth-order valence-electron chi connectivity index (χ4n) is 1.39. The van der Waals surface area contributed by atoms with Crippen LogP contribution in [0.4, 0.5) is 0 Å². The van der Waals surface area contributed by atoms with Crippen LogP contribution in [0.2, 0.25) is 0 Å². The van der Waals surface area contributed by atoms with Crippen molar-refractivity contribution in [2.24, 2.45) is 5.41 Å². The van der Waals surface area contributed by atoms with E-state index < -0.39 is 0 Å². The predicted molar refractivity (Wildman–Crippen MR) is 50.9 cm³/mol. The van der Waals surface area contributed by atoms with Crippen molar-refractivity contribution < 1.29 is 4.79 Å². The summed E-state index contributed by atoms with van der Waals surface area (Å²) in [4.78, 5) is 21.9. The minimum absolute atomic E-state index is 0.0710. The van der Waals surface area contributed by atoms with E-state index in [4.69, 9.17) is 0 Å². The fourth-order valence-corrected chi connectivity index (χ4v) is 2.00. The van der Waals surface area contributed by atoms with Crippen LogP contribution in [0.3, 0.4) is 0 Å². The van der Waals surface area contributed by atoms with Crippen molar-refractivity contribution in [1.29, 1.82) is 0 Å². The average Bonchev–Trinajstić information content (AvgIpc) is 2.82. The summed E-state index contributed by atoms with van der Waals surface area (Å²) in [6.07, 6.45) is 5.64. The summed E-state index contributed by atoms with van der Waals surface area (Å²) in [5, 5.41) is 1.78. The highest BCUT2D eigenvalue weighted by Crippen LogP contribution is 2.46. The molecule has 1 heterocycles. The Balaban J connectivity index is 1.97. The average molecular weight is 197 g/mol. The lowest BCUT2D eigenvalue weighted by Gasteiger charge is -2.05. The van der Waals surface area contributed by atoms with Gasteiger partial charge in [-0.2, -0.15) is 0 Å². The molecule has 1 saturated carbocycles. The van der Waals surface area contributed by atoms with E-state index in [1.165, 1.54) is 11.3 Å². The van der Waals surface area contributed by atoms with E-state index in [2.05, 4.69) is 0 Å². The van der Waals surface area contributed by atoms with Gasteiger partial charge in [0, 0.05) is 23.5 Å². The Kier molecular flexibility index (Phi) is 2.07. The molecule has 0 aliphatic heterocycles. The van der Waals surface area contributed by atoms with Gasteiger partial charge in [0.15, 0.2) is 0 Å². The number of carbonyl (C=O) groups excluding carboxylic acids is 1. The number of rotatable bonds is 4. The first kappa shape index (κ1) is 8.69. The van der Waals surface area contributed by atoms with E-state index in [0.29, 0.717) is 6.54 Å². The molecule has 0 radical (unpaired) electrons. The zero-order valence-electron chi connectivity index (χ0n) is 7.23. The Labute approximate surface area is 80.0 Å². The van der Waals surface area contributed by atoms with Crippen LogP contribution in [0.25, 0.3) is 0 Å². The van der Waals surface area contributed by atoms with Crippen molar-refractivity contribution in [3.05, 3.63) is 21.2 Å². The Morgan fingerprint density at radius 2 is 2.38 bits per heavy atom. The van der Waals surface area contributed by atoms with Crippen LogP contribution in [-0.2, 0) is 11.3 Å². The molecule has 0 amide bonds. The molecule has 3 nitrogen and oxygen atoms in total. The first-order valence-corrected chi connectivity index (χ1v) is 5.24. The molecule has 0 saturated heterocycles. The molecule has 70 valence electrons. The van der Waals surface area contributed by atoms with Crippen molar-refractivity contribution in [2.45, 2.75) is 25.8 Å². The summed E-state index contributed by atoms with van der Waals surface area (Å²) in [6, 6.07) is 0. The van der Waals surface area contributed by atoms with Crippen molar-refractivity contribution in [3.8, 4) is 0 Å². The van der Waals surface area contributed by atoms with Gasteiger partial charge >= 0.3 is 4.87 Å². The SMILES string of the molecule is O=CC1(CCn2ccsc2=O)CC1. The fraction of sp³-hybridized carbons (Fsp3) is 0.556. The quantitative estimate of drug-likeness (QED) is 0.682. The lowest BCUT2D eigenvalue weighted by molar-refractivity contribution is -0.112. The van der Waals surface area contributed by atoms with Gasteiger partial charge in [-0.25, -0.2) is 0 Å². The molecule has 0 bridgehead atoms. The monoisotopic (exact) mass is 197 g/mol. The van der Waals surface area contributed by atoms with Crippen LogP contribution in [-0.4, -0.2) is 10.9 Å². The minimum Gasteiger partial charge on any atom is -0.306 e. The molecule has 2 rings (SSSR count). The number of aldehydes is 1. The second kappa shape index (κ2) is 3.10. The maximum atomic E-state index is 11.1. The van der Waals surface area contributed by atoms with Gasteiger partial charge in [0.1, 0.15) is 6.29 Å². The Bertz CT molecular complexity index is 362. The molecule has 1 aliphatic rings. The third-order valence-electron chi connectivity index (χ3n) is 2.64. The smallest absolute Gasteiger partial charge is 0.306 e. The molecule has 13 heavy (non-hydrogen) atoms. The van der Waals surface area contributed by atoms with E-state index in [-0.39, 0.29) is 10.3 Å². The highest BCUT2D eigenvalue weighted by atomic mass is 32.1. The van der Waals surface area contributed by atoms with Gasteiger partial charge in [-0.1, -0.05) is 11.3 Å². The van der Waals surface area contributed by atoms with E-state index in [9.17, 15) is 9.59 Å². The van der Waals surface area contributed by atoms with E-state index in [1.807, 2.05) is 0 Å². The minimum atomic E-state index is -0.0820. The summed E-state index contributed by atoms with van der Waals surface area (Å²) < 4.78 is 1.67. The zero-order chi connectivity index (χ0) is 9.31. The normalized spacial score (nSPS) is 18.5. The largest absolute Gasteiger partial charge is 0.307 e. The topological polar surface area (TPSA) is 39.1 Å². The molecular weight excluding hydrogens is 186 g/mol. The maximum absolute atomic E-state index is 11.1. The number of carbonyl (C=O) groups is 1. The third kappa shape index (κ3) is 1.72. The molecule has 1 aliphatic carbocycles. The summed E-state index contributed by atoms with van der Waals surface area (Å²) >= 11 is 1.20. The second-order valence-corrected chi connectivity index (χ2v) is 4.45. The molecule has 0 N–H and O–H groups in total. The molecular formula is C9H11NO2S. The highest BCUT2D eigenvalue weighted by molar-refractivity contribution is 7.07. The van der Waals surface area contributed by atoms with Gasteiger partial charge in [0.05, 0.1) is 0 Å². The van der Waals surface area contributed by atoms with E-state index >= 15 is 0 Å². The zero-order valence-corrected chi connectivity index (χ0v) is 8.05. The van der Waals surface area contributed by atoms with E-state index in [0.717, 1.165) is 25.5 Å². The number of aromatic nitrogens is 1. The molecule has 1 aromatic rings. The Morgan fingerprint density at radius 1 is 1.62 bits per heavy atom. The van der Waals surface area contributed by atoms with Crippen LogP contribution < -0.4 is 4.87 Å². The summed E-state index contributed by atoms with van der Waals surface area (Å²) in [5.74, 6) is 0. The number of hydrogen-bond acceptors (Lipinski definition) is 3. The van der Waals surface area contributed by atoms with Crippen LogP contribution in [0.15, 0.2) is 16.4 Å². The molecule has 0 atom stereocenters. The first-order chi connectivity index (χ1) is 6.26.